The van der Waals surface area contributed by atoms with Gasteiger partial charge in [-0.15, -0.1) is 0 Å². The minimum atomic E-state index is -0.0218. The number of ketones is 1. The zero-order chi connectivity index (χ0) is 11.7. The van der Waals surface area contributed by atoms with Crippen molar-refractivity contribution in [1.82, 2.24) is 4.98 Å². The van der Waals surface area contributed by atoms with E-state index in [0.717, 1.165) is 18.4 Å². The molecule has 1 aliphatic rings. The Morgan fingerprint density at radius 3 is 2.88 bits per heavy atom. The van der Waals surface area contributed by atoms with Crippen LogP contribution in [-0.4, -0.2) is 16.8 Å². The van der Waals surface area contributed by atoms with Crippen LogP contribution in [0.15, 0.2) is 12.3 Å². The summed E-state index contributed by atoms with van der Waals surface area (Å²) in [6.45, 7) is 1.87. The lowest BCUT2D eigenvalue weighted by Crippen LogP contribution is -2.26. The molecule has 0 aromatic carbocycles. The Kier molecular flexibility index (Phi) is 2.92. The first-order valence-electron chi connectivity index (χ1n) is 5.59. The third kappa shape index (κ3) is 2.22. The smallest absolute Gasteiger partial charge is 0.168 e. The molecule has 1 aromatic rings. The van der Waals surface area contributed by atoms with E-state index < -0.39 is 0 Å². The molecule has 0 bridgehead atoms. The average molecular weight is 219 g/mol. The summed E-state index contributed by atoms with van der Waals surface area (Å²) in [5.41, 5.74) is 13.1. The molecule has 0 aliphatic heterocycles. The van der Waals surface area contributed by atoms with Crippen LogP contribution in [0.1, 0.15) is 35.2 Å². The molecule has 0 saturated heterocycles. The Balaban J connectivity index is 2.13. The largest absolute Gasteiger partial charge is 0.383 e. The maximum Gasteiger partial charge on any atom is 0.168 e. The van der Waals surface area contributed by atoms with Gasteiger partial charge in [0, 0.05) is 18.7 Å². The highest BCUT2D eigenvalue weighted by Crippen LogP contribution is 2.33. The van der Waals surface area contributed by atoms with Gasteiger partial charge in [-0.2, -0.15) is 0 Å². The molecule has 1 atom stereocenters. The van der Waals surface area contributed by atoms with Crippen molar-refractivity contribution < 1.29 is 4.79 Å². The Morgan fingerprint density at radius 1 is 1.62 bits per heavy atom. The number of hydrogen-bond donors (Lipinski definition) is 2. The van der Waals surface area contributed by atoms with E-state index in [4.69, 9.17) is 11.5 Å². The number of aromatic nitrogens is 1. The minimum absolute atomic E-state index is 0.0162. The van der Waals surface area contributed by atoms with Crippen LogP contribution in [0.3, 0.4) is 0 Å². The van der Waals surface area contributed by atoms with Crippen molar-refractivity contribution in [3.05, 3.63) is 23.4 Å². The molecule has 1 saturated carbocycles. The standard InChI is InChI=1S/C12H17N3O/c1-7-4-5-15-12(14)11(7)10(16)6-9(13)8-2-3-8/h4-5,8-9H,2-3,6,13H2,1H3,(H2,14,15). The zero-order valence-electron chi connectivity index (χ0n) is 9.44. The Bertz CT molecular complexity index is 392. The van der Waals surface area contributed by atoms with Gasteiger partial charge in [0.2, 0.25) is 0 Å². The summed E-state index contributed by atoms with van der Waals surface area (Å²) in [4.78, 5) is 16.0. The van der Waals surface area contributed by atoms with E-state index in [9.17, 15) is 4.79 Å². The lowest BCUT2D eigenvalue weighted by atomic mass is 9.99. The molecule has 1 aromatic heterocycles. The lowest BCUT2D eigenvalue weighted by molar-refractivity contribution is 0.0971. The van der Waals surface area contributed by atoms with Crippen LogP contribution in [0.5, 0.6) is 0 Å². The molecular weight excluding hydrogens is 202 g/mol. The second-order valence-electron chi connectivity index (χ2n) is 4.52. The van der Waals surface area contributed by atoms with Crippen molar-refractivity contribution in [2.24, 2.45) is 11.7 Å². The monoisotopic (exact) mass is 219 g/mol. The molecule has 2 rings (SSSR count). The predicted octanol–water partition coefficient (Wildman–Crippen LogP) is 1.28. The number of carbonyl (C=O) groups excluding carboxylic acids is 1. The first-order chi connectivity index (χ1) is 7.59. The fourth-order valence-electron chi connectivity index (χ4n) is 1.95. The molecule has 4 nitrogen and oxygen atoms in total. The number of nitrogens with two attached hydrogens (primary N) is 2. The van der Waals surface area contributed by atoms with Gasteiger partial charge in [0.1, 0.15) is 5.82 Å². The molecule has 1 fully saturated rings. The molecule has 1 unspecified atom stereocenters. The quantitative estimate of drug-likeness (QED) is 0.747. The van der Waals surface area contributed by atoms with E-state index in [1.54, 1.807) is 12.3 Å². The van der Waals surface area contributed by atoms with Gasteiger partial charge in [-0.25, -0.2) is 4.98 Å². The van der Waals surface area contributed by atoms with E-state index >= 15 is 0 Å². The molecule has 4 heteroatoms. The number of Topliss-reactive ketones (excluding diaryl/α,β-unsaturated/α-hetero) is 1. The average Bonchev–Trinajstić information content (AvgIpc) is 2.99. The van der Waals surface area contributed by atoms with Crippen LogP contribution < -0.4 is 11.5 Å². The van der Waals surface area contributed by atoms with Crippen LogP contribution in [-0.2, 0) is 0 Å². The number of carbonyl (C=O) groups is 1. The molecule has 1 heterocycles. The maximum absolute atomic E-state index is 12.0. The second kappa shape index (κ2) is 4.22. The Labute approximate surface area is 95.0 Å². The van der Waals surface area contributed by atoms with Crippen LogP contribution >= 0.6 is 0 Å². The van der Waals surface area contributed by atoms with E-state index in [1.807, 2.05) is 6.92 Å². The zero-order valence-corrected chi connectivity index (χ0v) is 9.44. The van der Waals surface area contributed by atoms with Crippen LogP contribution in [0.4, 0.5) is 5.82 Å². The van der Waals surface area contributed by atoms with Gasteiger partial charge >= 0.3 is 0 Å². The third-order valence-corrected chi connectivity index (χ3v) is 3.12. The molecule has 0 amide bonds. The Morgan fingerprint density at radius 2 is 2.31 bits per heavy atom. The highest BCUT2D eigenvalue weighted by Gasteiger charge is 2.30. The fraction of sp³-hybridized carbons (Fsp3) is 0.500. The molecule has 86 valence electrons. The summed E-state index contributed by atoms with van der Waals surface area (Å²) >= 11 is 0. The minimum Gasteiger partial charge on any atom is -0.383 e. The first-order valence-corrected chi connectivity index (χ1v) is 5.59. The second-order valence-corrected chi connectivity index (χ2v) is 4.52. The van der Waals surface area contributed by atoms with E-state index in [2.05, 4.69) is 4.98 Å². The fourth-order valence-corrected chi connectivity index (χ4v) is 1.95. The van der Waals surface area contributed by atoms with Gasteiger partial charge in [0.25, 0.3) is 0 Å². The molecule has 1 aliphatic carbocycles. The van der Waals surface area contributed by atoms with Crippen molar-refractivity contribution >= 4 is 11.6 Å². The number of nitrogen functional groups attached to an aromatic ring is 1. The van der Waals surface area contributed by atoms with Crippen molar-refractivity contribution in [2.45, 2.75) is 32.2 Å². The van der Waals surface area contributed by atoms with Gasteiger partial charge in [-0.1, -0.05) is 0 Å². The summed E-state index contributed by atoms with van der Waals surface area (Å²) in [6.07, 6.45) is 4.29. The van der Waals surface area contributed by atoms with E-state index in [-0.39, 0.29) is 11.8 Å². The number of pyridine rings is 1. The summed E-state index contributed by atoms with van der Waals surface area (Å²) in [7, 11) is 0. The SMILES string of the molecule is Cc1ccnc(N)c1C(=O)CC(N)C1CC1. The van der Waals surface area contributed by atoms with Crippen molar-refractivity contribution in [1.29, 1.82) is 0 Å². The summed E-state index contributed by atoms with van der Waals surface area (Å²) in [5, 5.41) is 0. The highest BCUT2D eigenvalue weighted by atomic mass is 16.1. The predicted molar refractivity (Wildman–Crippen MR) is 63.0 cm³/mol. The van der Waals surface area contributed by atoms with E-state index in [0.29, 0.717) is 23.7 Å². The third-order valence-electron chi connectivity index (χ3n) is 3.12. The van der Waals surface area contributed by atoms with Crippen LogP contribution in [0, 0.1) is 12.8 Å². The number of hydrogen-bond acceptors (Lipinski definition) is 4. The molecular formula is C12H17N3O. The number of aryl methyl sites for hydroxylation is 1. The molecule has 4 N–H and O–H groups in total. The van der Waals surface area contributed by atoms with Gasteiger partial charge in [-0.3, -0.25) is 4.79 Å². The molecule has 0 spiro atoms. The van der Waals surface area contributed by atoms with E-state index in [1.165, 1.54) is 0 Å². The normalized spacial score (nSPS) is 17.1. The molecule has 0 radical (unpaired) electrons. The lowest BCUT2D eigenvalue weighted by Gasteiger charge is -2.11. The highest BCUT2D eigenvalue weighted by molar-refractivity contribution is 6.01. The summed E-state index contributed by atoms with van der Waals surface area (Å²) in [5.74, 6) is 0.859. The van der Waals surface area contributed by atoms with Crippen LogP contribution in [0.2, 0.25) is 0 Å². The van der Waals surface area contributed by atoms with Gasteiger partial charge in [-0.05, 0) is 37.3 Å². The molecule has 16 heavy (non-hydrogen) atoms. The van der Waals surface area contributed by atoms with Gasteiger partial charge < -0.3 is 11.5 Å². The van der Waals surface area contributed by atoms with Crippen molar-refractivity contribution in [3.63, 3.8) is 0 Å². The van der Waals surface area contributed by atoms with Gasteiger partial charge in [0.15, 0.2) is 5.78 Å². The van der Waals surface area contributed by atoms with Gasteiger partial charge in [0.05, 0.1) is 5.56 Å². The van der Waals surface area contributed by atoms with Crippen LogP contribution in [0.25, 0.3) is 0 Å². The maximum atomic E-state index is 12.0. The van der Waals surface area contributed by atoms with Crippen molar-refractivity contribution in [3.8, 4) is 0 Å². The Hall–Kier alpha value is -1.42. The first kappa shape index (κ1) is 11.1. The number of rotatable bonds is 4. The summed E-state index contributed by atoms with van der Waals surface area (Å²) in [6, 6.07) is 1.78. The van der Waals surface area contributed by atoms with Crippen molar-refractivity contribution in [2.75, 3.05) is 5.73 Å². The topological polar surface area (TPSA) is 82.0 Å². The summed E-state index contributed by atoms with van der Waals surface area (Å²) < 4.78 is 0. The number of anilines is 1. The number of nitrogens with zero attached hydrogens (tertiary/aromatic N) is 1.